The number of alkyl halides is 1. The van der Waals surface area contributed by atoms with Gasteiger partial charge in [-0.25, -0.2) is 0 Å². The van der Waals surface area contributed by atoms with Crippen molar-refractivity contribution in [2.45, 2.75) is 5.38 Å². The molecule has 106 valence electrons. The second-order valence-corrected chi connectivity index (χ2v) is 6.18. The average molecular weight is 423 g/mol. The molecule has 0 aliphatic carbocycles. The summed E-state index contributed by atoms with van der Waals surface area (Å²) in [5, 5.41) is 0.106. The summed E-state index contributed by atoms with van der Waals surface area (Å²) in [7, 11) is 3.14. The highest BCUT2D eigenvalue weighted by Gasteiger charge is 2.20. The minimum absolute atomic E-state index is 0.328. The van der Waals surface area contributed by atoms with Gasteiger partial charge in [-0.2, -0.15) is 0 Å². The number of methoxy groups -OCH3 is 2. The van der Waals surface area contributed by atoms with Crippen LogP contribution in [0, 0.1) is 3.57 Å². The Bertz CT molecular complexity index is 600. The van der Waals surface area contributed by atoms with Crippen molar-refractivity contribution < 1.29 is 9.47 Å². The molecule has 0 heterocycles. The average Bonchev–Trinajstić information content (AvgIpc) is 2.47. The maximum Gasteiger partial charge on any atom is 0.146 e. The molecule has 0 amide bonds. The van der Waals surface area contributed by atoms with E-state index in [1.165, 1.54) is 0 Å². The number of rotatable bonds is 4. The van der Waals surface area contributed by atoms with E-state index >= 15 is 0 Å². The summed E-state index contributed by atoms with van der Waals surface area (Å²) in [6, 6.07) is 11.7. The maximum atomic E-state index is 6.55. The molecule has 2 nitrogen and oxygen atoms in total. The van der Waals surface area contributed by atoms with Crippen LogP contribution in [0.1, 0.15) is 16.5 Å². The highest BCUT2D eigenvalue weighted by molar-refractivity contribution is 14.1. The van der Waals surface area contributed by atoms with E-state index < -0.39 is 0 Å². The molecule has 20 heavy (non-hydrogen) atoms. The molecule has 1 atom stereocenters. The predicted octanol–water partition coefficient (Wildman–Crippen LogP) is 5.29. The third kappa shape index (κ3) is 3.15. The number of halogens is 3. The van der Waals surface area contributed by atoms with Crippen LogP contribution in [0.2, 0.25) is 5.02 Å². The molecular formula is C15H13Cl2IO2. The van der Waals surface area contributed by atoms with E-state index in [0.29, 0.717) is 16.5 Å². The molecule has 0 aromatic heterocycles. The lowest BCUT2D eigenvalue weighted by atomic mass is 10.0. The normalized spacial score (nSPS) is 12.1. The first kappa shape index (κ1) is 15.7. The van der Waals surface area contributed by atoms with E-state index in [9.17, 15) is 0 Å². The number of benzene rings is 2. The number of ether oxygens (including phenoxy) is 2. The standard InChI is InChI=1S/C15H13Cl2IO2/c1-19-12-8-7-11(15(20-2)14(12)17)13(16)9-3-5-10(18)6-4-9/h3-8,13H,1-2H3. The Kier molecular flexibility index (Phi) is 5.41. The van der Waals surface area contributed by atoms with E-state index in [2.05, 4.69) is 22.6 Å². The van der Waals surface area contributed by atoms with Gasteiger partial charge in [0.05, 0.1) is 19.6 Å². The SMILES string of the molecule is COc1ccc(C(Cl)c2ccc(I)cc2)c(OC)c1Cl. The van der Waals surface area contributed by atoms with Crippen LogP contribution in [0.3, 0.4) is 0 Å². The van der Waals surface area contributed by atoms with Crippen LogP contribution < -0.4 is 9.47 Å². The zero-order valence-corrected chi connectivity index (χ0v) is 14.7. The molecule has 0 radical (unpaired) electrons. The van der Waals surface area contributed by atoms with E-state index in [1.807, 2.05) is 30.3 Å². The summed E-state index contributed by atoms with van der Waals surface area (Å²) in [6.07, 6.45) is 0. The highest BCUT2D eigenvalue weighted by atomic mass is 127. The minimum Gasteiger partial charge on any atom is -0.495 e. The Morgan fingerprint density at radius 3 is 2.20 bits per heavy atom. The van der Waals surface area contributed by atoms with E-state index in [0.717, 1.165) is 14.7 Å². The van der Waals surface area contributed by atoms with Crippen molar-refractivity contribution in [2.75, 3.05) is 14.2 Å². The van der Waals surface area contributed by atoms with E-state index in [1.54, 1.807) is 20.3 Å². The molecule has 0 spiro atoms. The first-order valence-electron chi connectivity index (χ1n) is 5.88. The molecular weight excluding hydrogens is 410 g/mol. The fourth-order valence-electron chi connectivity index (χ4n) is 1.93. The van der Waals surface area contributed by atoms with E-state index in [-0.39, 0.29) is 5.38 Å². The Hall–Kier alpha value is -0.650. The summed E-state index contributed by atoms with van der Waals surface area (Å²) < 4.78 is 11.7. The van der Waals surface area contributed by atoms with Gasteiger partial charge in [0.2, 0.25) is 0 Å². The second-order valence-electron chi connectivity index (χ2n) is 4.12. The Balaban J connectivity index is 2.46. The van der Waals surface area contributed by atoms with Gasteiger partial charge in [0, 0.05) is 9.13 Å². The van der Waals surface area contributed by atoms with Crippen LogP contribution in [0.4, 0.5) is 0 Å². The van der Waals surface area contributed by atoms with Gasteiger partial charge >= 0.3 is 0 Å². The molecule has 2 rings (SSSR count). The fraction of sp³-hybridized carbons (Fsp3) is 0.200. The van der Waals surface area contributed by atoms with E-state index in [4.69, 9.17) is 32.7 Å². The van der Waals surface area contributed by atoms with Crippen LogP contribution in [0.25, 0.3) is 0 Å². The molecule has 0 bridgehead atoms. The van der Waals surface area contributed by atoms with Crippen molar-refractivity contribution >= 4 is 45.8 Å². The summed E-state index contributed by atoms with van der Waals surface area (Å²) in [5.74, 6) is 1.11. The van der Waals surface area contributed by atoms with Gasteiger partial charge in [0.15, 0.2) is 0 Å². The van der Waals surface area contributed by atoms with Crippen molar-refractivity contribution in [1.82, 2.24) is 0 Å². The minimum atomic E-state index is -0.328. The van der Waals surface area contributed by atoms with Crippen LogP contribution in [-0.2, 0) is 0 Å². The van der Waals surface area contributed by atoms with Gasteiger partial charge in [-0.3, -0.25) is 0 Å². The van der Waals surface area contributed by atoms with Gasteiger partial charge in [-0.05, 0) is 52.4 Å². The van der Waals surface area contributed by atoms with Gasteiger partial charge < -0.3 is 9.47 Å². The Morgan fingerprint density at radius 2 is 1.65 bits per heavy atom. The lowest BCUT2D eigenvalue weighted by Crippen LogP contribution is -1.99. The summed E-state index contributed by atoms with van der Waals surface area (Å²) in [5.41, 5.74) is 1.81. The molecule has 2 aromatic rings. The zero-order valence-electron chi connectivity index (χ0n) is 11.0. The van der Waals surface area contributed by atoms with Crippen LogP contribution in [0.5, 0.6) is 11.5 Å². The van der Waals surface area contributed by atoms with Crippen LogP contribution in [-0.4, -0.2) is 14.2 Å². The smallest absolute Gasteiger partial charge is 0.146 e. The van der Waals surface area contributed by atoms with Crippen molar-refractivity contribution in [3.8, 4) is 11.5 Å². The lowest BCUT2D eigenvalue weighted by molar-refractivity contribution is 0.392. The van der Waals surface area contributed by atoms with Gasteiger partial charge in [-0.1, -0.05) is 23.7 Å². The van der Waals surface area contributed by atoms with Crippen LogP contribution in [0.15, 0.2) is 36.4 Å². The molecule has 0 saturated carbocycles. The molecule has 0 N–H and O–H groups in total. The lowest BCUT2D eigenvalue weighted by Gasteiger charge is -2.17. The summed E-state index contributed by atoms with van der Waals surface area (Å²) >= 11 is 15.1. The maximum absolute atomic E-state index is 6.55. The fourth-order valence-corrected chi connectivity index (χ4v) is 2.93. The van der Waals surface area contributed by atoms with Crippen LogP contribution >= 0.6 is 45.8 Å². The largest absolute Gasteiger partial charge is 0.495 e. The third-order valence-corrected chi connectivity index (χ3v) is 4.52. The Morgan fingerprint density at radius 1 is 1.00 bits per heavy atom. The highest BCUT2D eigenvalue weighted by Crippen LogP contribution is 2.43. The first-order valence-corrected chi connectivity index (χ1v) is 7.77. The Labute approximate surface area is 142 Å². The molecule has 2 aromatic carbocycles. The zero-order chi connectivity index (χ0) is 14.7. The molecule has 0 aliphatic heterocycles. The number of hydrogen-bond acceptors (Lipinski definition) is 2. The predicted molar refractivity (Wildman–Crippen MR) is 91.4 cm³/mol. The monoisotopic (exact) mass is 422 g/mol. The second kappa shape index (κ2) is 6.87. The molecule has 1 unspecified atom stereocenters. The van der Waals surface area contributed by atoms with Gasteiger partial charge in [0.1, 0.15) is 16.5 Å². The van der Waals surface area contributed by atoms with Crippen molar-refractivity contribution in [3.63, 3.8) is 0 Å². The van der Waals surface area contributed by atoms with Crippen molar-refractivity contribution in [2.24, 2.45) is 0 Å². The molecule has 0 fully saturated rings. The quantitative estimate of drug-likeness (QED) is 0.492. The molecule has 0 saturated heterocycles. The van der Waals surface area contributed by atoms with Crippen molar-refractivity contribution in [1.29, 1.82) is 0 Å². The third-order valence-electron chi connectivity index (χ3n) is 2.95. The first-order chi connectivity index (χ1) is 9.58. The summed E-state index contributed by atoms with van der Waals surface area (Å²) in [6.45, 7) is 0. The summed E-state index contributed by atoms with van der Waals surface area (Å²) in [4.78, 5) is 0. The molecule has 5 heteroatoms. The molecule has 0 aliphatic rings. The van der Waals surface area contributed by atoms with Gasteiger partial charge in [0.25, 0.3) is 0 Å². The topological polar surface area (TPSA) is 18.5 Å². The van der Waals surface area contributed by atoms with Crippen molar-refractivity contribution in [3.05, 3.63) is 56.1 Å². The van der Waals surface area contributed by atoms with Gasteiger partial charge in [-0.15, -0.1) is 11.6 Å². The number of hydrogen-bond donors (Lipinski definition) is 0.